The van der Waals surface area contributed by atoms with Crippen molar-refractivity contribution in [2.24, 2.45) is 0 Å². The number of hydrogen-bond donors (Lipinski definition) is 1. The first-order valence-electron chi connectivity index (χ1n) is 9.38. The molecule has 0 unspecified atom stereocenters. The monoisotopic (exact) mass is 484 g/mol. The Kier molecular flexibility index (Phi) is 7.02. The minimum atomic E-state index is -3.10. The minimum absolute atomic E-state index is 0.000425. The van der Waals surface area contributed by atoms with E-state index in [4.69, 9.17) is 9.15 Å². The normalized spacial score (nSPS) is 19.1. The van der Waals surface area contributed by atoms with Crippen molar-refractivity contribution in [2.75, 3.05) is 25.2 Å². The van der Waals surface area contributed by atoms with Gasteiger partial charge < -0.3 is 19.4 Å². The molecule has 1 aliphatic heterocycles. The van der Waals surface area contributed by atoms with Crippen LogP contribution in [-0.4, -0.2) is 50.4 Å². The number of ether oxygens (including phenoxy) is 1. The zero-order valence-corrected chi connectivity index (χ0v) is 18.8. The van der Waals surface area contributed by atoms with Gasteiger partial charge in [0.2, 0.25) is 5.91 Å². The Morgan fingerprint density at radius 1 is 1.41 bits per heavy atom. The van der Waals surface area contributed by atoms with E-state index in [1.807, 2.05) is 25.1 Å². The first-order chi connectivity index (χ1) is 13.8. The maximum Gasteiger partial charge on any atom is 0.237 e. The topological polar surface area (TPSA) is 88.8 Å². The van der Waals surface area contributed by atoms with Crippen LogP contribution in [0.1, 0.15) is 30.7 Å². The minimum Gasteiger partial charge on any atom is -0.496 e. The maximum atomic E-state index is 13.0. The molecule has 0 radical (unpaired) electrons. The summed E-state index contributed by atoms with van der Waals surface area (Å²) in [7, 11) is -1.49. The third-order valence-corrected chi connectivity index (χ3v) is 7.48. The number of carbonyl (C=O) groups is 1. The highest BCUT2D eigenvalue weighted by Gasteiger charge is 2.35. The van der Waals surface area contributed by atoms with Crippen molar-refractivity contribution in [3.8, 4) is 5.75 Å². The van der Waals surface area contributed by atoms with E-state index in [0.717, 1.165) is 15.8 Å². The molecule has 7 nitrogen and oxygen atoms in total. The van der Waals surface area contributed by atoms with Gasteiger partial charge in [0.1, 0.15) is 11.5 Å². The summed E-state index contributed by atoms with van der Waals surface area (Å²) in [5.41, 5.74) is 1.01. The van der Waals surface area contributed by atoms with Gasteiger partial charge in [-0.15, -0.1) is 0 Å². The predicted octanol–water partition coefficient (Wildman–Crippen LogP) is 2.92. The van der Waals surface area contributed by atoms with Crippen LogP contribution in [0, 0.1) is 0 Å². The Hall–Kier alpha value is -1.84. The van der Waals surface area contributed by atoms with Crippen molar-refractivity contribution < 1.29 is 22.4 Å². The molecule has 0 bridgehead atoms. The van der Waals surface area contributed by atoms with Crippen molar-refractivity contribution in [1.29, 1.82) is 0 Å². The van der Waals surface area contributed by atoms with Gasteiger partial charge in [-0.05, 0) is 59.1 Å². The van der Waals surface area contributed by atoms with Crippen LogP contribution in [0.5, 0.6) is 5.75 Å². The van der Waals surface area contributed by atoms with Crippen LogP contribution in [0.15, 0.2) is 45.5 Å². The number of furan rings is 1. The molecule has 1 aromatic carbocycles. The number of rotatable bonds is 8. The number of benzene rings is 1. The molecule has 1 fully saturated rings. The summed E-state index contributed by atoms with van der Waals surface area (Å²) in [6.07, 6.45) is 2.00. The number of methoxy groups -OCH3 is 1. The quantitative estimate of drug-likeness (QED) is 0.619. The highest BCUT2D eigenvalue weighted by atomic mass is 79.9. The smallest absolute Gasteiger partial charge is 0.237 e. The van der Waals surface area contributed by atoms with E-state index >= 15 is 0 Å². The molecule has 2 heterocycles. The number of carbonyl (C=O) groups excluding carboxylic acids is 1. The Morgan fingerprint density at radius 3 is 2.79 bits per heavy atom. The van der Waals surface area contributed by atoms with E-state index < -0.39 is 9.84 Å². The van der Waals surface area contributed by atoms with Crippen LogP contribution >= 0.6 is 15.9 Å². The van der Waals surface area contributed by atoms with E-state index in [2.05, 4.69) is 21.2 Å². The van der Waals surface area contributed by atoms with Gasteiger partial charge in [-0.3, -0.25) is 4.79 Å². The average Bonchev–Trinajstić information content (AvgIpc) is 3.32. The van der Waals surface area contributed by atoms with Crippen LogP contribution in [0.3, 0.4) is 0 Å². The van der Waals surface area contributed by atoms with E-state index in [1.165, 1.54) is 0 Å². The van der Waals surface area contributed by atoms with E-state index in [-0.39, 0.29) is 42.6 Å². The number of sulfone groups is 1. The fraction of sp³-hybridized carbons (Fsp3) is 0.450. The fourth-order valence-electron chi connectivity index (χ4n) is 3.42. The van der Waals surface area contributed by atoms with Crippen LogP contribution < -0.4 is 10.1 Å². The predicted molar refractivity (Wildman–Crippen MR) is 113 cm³/mol. The van der Waals surface area contributed by atoms with Crippen molar-refractivity contribution in [1.82, 2.24) is 10.2 Å². The summed E-state index contributed by atoms with van der Waals surface area (Å²) < 4.78 is 35.3. The molecule has 158 valence electrons. The zero-order chi connectivity index (χ0) is 21.0. The Morgan fingerprint density at radius 2 is 2.21 bits per heavy atom. The first-order valence-corrected chi connectivity index (χ1v) is 12.0. The van der Waals surface area contributed by atoms with Crippen LogP contribution in [0.4, 0.5) is 0 Å². The number of nitrogens with one attached hydrogen (secondary N) is 1. The molecule has 1 aliphatic rings. The second-order valence-electron chi connectivity index (χ2n) is 7.15. The molecule has 0 aliphatic carbocycles. The molecule has 3 rings (SSSR count). The van der Waals surface area contributed by atoms with Crippen molar-refractivity contribution in [2.45, 2.75) is 32.0 Å². The number of hydrogen-bond acceptors (Lipinski definition) is 6. The zero-order valence-electron chi connectivity index (χ0n) is 16.4. The molecule has 1 amide bonds. The van der Waals surface area contributed by atoms with Crippen LogP contribution in [-0.2, 0) is 21.2 Å². The molecule has 0 saturated carbocycles. The second-order valence-corrected chi connectivity index (χ2v) is 10.2. The molecular weight excluding hydrogens is 460 g/mol. The van der Waals surface area contributed by atoms with Gasteiger partial charge >= 0.3 is 0 Å². The number of amides is 1. The maximum absolute atomic E-state index is 13.0. The van der Waals surface area contributed by atoms with Gasteiger partial charge in [0.05, 0.1) is 42.4 Å². The van der Waals surface area contributed by atoms with Crippen LogP contribution in [0.2, 0.25) is 0 Å². The Labute approximate surface area is 179 Å². The highest BCUT2D eigenvalue weighted by Crippen LogP contribution is 2.28. The van der Waals surface area contributed by atoms with Gasteiger partial charge in [-0.2, -0.15) is 0 Å². The SMILES string of the molecule is COc1ccc([C@H](C)NCC(=O)N(Cc2ccco2)[C@H]2CCS(=O)(=O)C2)cc1Br. The van der Waals surface area contributed by atoms with Crippen LogP contribution in [0.25, 0.3) is 0 Å². The summed E-state index contributed by atoms with van der Waals surface area (Å²) >= 11 is 3.47. The van der Waals surface area contributed by atoms with Crippen molar-refractivity contribution in [3.05, 3.63) is 52.4 Å². The first kappa shape index (κ1) is 21.9. The molecule has 29 heavy (non-hydrogen) atoms. The standard InChI is InChI=1S/C20H25BrN2O5S/c1-14(15-5-6-19(27-2)18(21)10-15)22-11-20(24)23(12-17-4-3-8-28-17)16-7-9-29(25,26)13-16/h3-6,8,10,14,16,22H,7,9,11-13H2,1-2H3/t14-,16-/m0/s1. The summed E-state index contributed by atoms with van der Waals surface area (Å²) in [6.45, 7) is 2.33. The van der Waals surface area contributed by atoms with E-state index in [9.17, 15) is 13.2 Å². The van der Waals surface area contributed by atoms with Crippen molar-refractivity contribution >= 4 is 31.7 Å². The lowest BCUT2D eigenvalue weighted by Crippen LogP contribution is -2.45. The lowest BCUT2D eigenvalue weighted by Gasteiger charge is -2.28. The Balaban J connectivity index is 1.67. The third kappa shape index (κ3) is 5.61. The summed E-state index contributed by atoms with van der Waals surface area (Å²) in [6, 6.07) is 8.90. The van der Waals surface area contributed by atoms with Gasteiger partial charge in [0.25, 0.3) is 0 Å². The lowest BCUT2D eigenvalue weighted by molar-refractivity contribution is -0.133. The molecule has 0 spiro atoms. The average molecular weight is 485 g/mol. The largest absolute Gasteiger partial charge is 0.496 e. The summed E-state index contributed by atoms with van der Waals surface area (Å²) in [4.78, 5) is 14.6. The van der Waals surface area contributed by atoms with Gasteiger partial charge in [0, 0.05) is 12.1 Å². The molecule has 1 aromatic heterocycles. The number of nitrogens with zero attached hydrogens (tertiary/aromatic N) is 1. The molecule has 1 N–H and O–H groups in total. The molecule has 2 aromatic rings. The summed E-state index contributed by atoms with van der Waals surface area (Å²) in [5, 5.41) is 3.23. The van der Waals surface area contributed by atoms with Crippen molar-refractivity contribution in [3.63, 3.8) is 0 Å². The lowest BCUT2D eigenvalue weighted by atomic mass is 10.1. The fourth-order valence-corrected chi connectivity index (χ4v) is 5.71. The highest BCUT2D eigenvalue weighted by molar-refractivity contribution is 9.10. The second kappa shape index (κ2) is 9.32. The molecule has 1 saturated heterocycles. The number of halogens is 1. The molecule has 9 heteroatoms. The van der Waals surface area contributed by atoms with Gasteiger partial charge in [0.15, 0.2) is 9.84 Å². The molecular formula is C20H25BrN2O5S. The Bertz CT molecular complexity index is 946. The summed E-state index contributed by atoms with van der Waals surface area (Å²) in [5.74, 6) is 1.34. The van der Waals surface area contributed by atoms with Gasteiger partial charge in [-0.1, -0.05) is 6.07 Å². The molecule has 2 atom stereocenters. The van der Waals surface area contributed by atoms with Gasteiger partial charge in [-0.25, -0.2) is 8.42 Å². The van der Waals surface area contributed by atoms with E-state index in [1.54, 1.807) is 30.4 Å². The van der Waals surface area contributed by atoms with E-state index in [0.29, 0.717) is 12.2 Å². The third-order valence-electron chi connectivity index (χ3n) is 5.11.